The maximum absolute atomic E-state index is 9.49. The zero-order chi connectivity index (χ0) is 6.08. The minimum Gasteiger partial charge on any atom is -0.285 e. The molecule has 0 saturated carbocycles. The fourth-order valence-corrected chi connectivity index (χ4v) is 0. The van der Waals surface area contributed by atoms with Crippen LogP contribution in [0.15, 0.2) is 0 Å². The molecule has 0 spiro atoms. The molecule has 0 fully saturated rings. The molecule has 0 aromatic carbocycles. The summed E-state index contributed by atoms with van der Waals surface area (Å²) in [6.45, 7) is 0. The van der Waals surface area contributed by atoms with E-state index in [0.29, 0.717) is 0 Å². The van der Waals surface area contributed by atoms with Crippen LogP contribution in [0.1, 0.15) is 0 Å². The van der Waals surface area contributed by atoms with Crippen molar-refractivity contribution < 1.29 is 23.8 Å². The Bertz CT molecular complexity index is 118. The van der Waals surface area contributed by atoms with Crippen LogP contribution in [0.4, 0.5) is 0 Å². The molecule has 0 bridgehead atoms. The lowest BCUT2D eigenvalue weighted by atomic mass is 15.8. The molecule has 42 valence electrons. The van der Waals surface area contributed by atoms with E-state index in [-0.39, 0.29) is 0 Å². The average molecular weight is 145 g/mol. The van der Waals surface area contributed by atoms with Gasteiger partial charge in [-0.05, 0) is 4.57 Å². The van der Waals surface area contributed by atoms with E-state index in [1.165, 1.54) is 0 Å². The SMILES string of the molecule is O=[P+](O)P(=O)(O)O. The van der Waals surface area contributed by atoms with Gasteiger partial charge in [0.15, 0.2) is 0 Å². The third-order valence-electron chi connectivity index (χ3n) is 0.223. The highest BCUT2D eigenvalue weighted by Gasteiger charge is 2.39. The average Bonchev–Trinajstić information content (AvgIpc) is 1.31. The number of hydrogen-bond acceptors (Lipinski definition) is 2. The van der Waals surface area contributed by atoms with Crippen molar-refractivity contribution in [2.24, 2.45) is 0 Å². The zero-order valence-electron chi connectivity index (χ0n) is 3.05. The molecule has 0 aliphatic carbocycles. The highest BCUT2D eigenvalue weighted by molar-refractivity contribution is 8.19. The highest BCUT2D eigenvalue weighted by atomic mass is 32.1. The van der Waals surface area contributed by atoms with Gasteiger partial charge < -0.3 is 0 Å². The minimum atomic E-state index is -4.67. The molecule has 5 nitrogen and oxygen atoms in total. The maximum atomic E-state index is 9.49. The Labute approximate surface area is 39.9 Å². The van der Waals surface area contributed by atoms with E-state index in [9.17, 15) is 9.13 Å². The van der Waals surface area contributed by atoms with Crippen molar-refractivity contribution in [1.82, 2.24) is 0 Å². The van der Waals surface area contributed by atoms with Crippen molar-refractivity contribution in [3.63, 3.8) is 0 Å². The molecule has 0 aliphatic heterocycles. The summed E-state index contributed by atoms with van der Waals surface area (Å²) < 4.78 is 18.9. The van der Waals surface area contributed by atoms with Crippen LogP contribution < -0.4 is 0 Å². The molecule has 1 unspecified atom stereocenters. The summed E-state index contributed by atoms with van der Waals surface area (Å²) in [5.74, 6) is 0. The molecule has 1 atom stereocenters. The molecule has 0 aromatic heterocycles. The Balaban J connectivity index is 4.09. The second-order valence-electron chi connectivity index (χ2n) is 0.766. The smallest absolute Gasteiger partial charge is 0.285 e. The fourth-order valence-electron chi connectivity index (χ4n) is 0. The van der Waals surface area contributed by atoms with Crippen LogP contribution >= 0.6 is 15.0 Å². The molecule has 0 saturated heterocycles. The van der Waals surface area contributed by atoms with Gasteiger partial charge in [0.05, 0.1) is 0 Å². The Morgan fingerprint density at radius 2 is 1.57 bits per heavy atom. The molecular weight excluding hydrogens is 142 g/mol. The minimum absolute atomic E-state index is 3.32. The van der Waals surface area contributed by atoms with Gasteiger partial charge in [0.1, 0.15) is 0 Å². The second-order valence-corrected chi connectivity index (χ2v) is 4.89. The monoisotopic (exact) mass is 145 g/mol. The summed E-state index contributed by atoms with van der Waals surface area (Å²) in [7, 11) is -8.00. The van der Waals surface area contributed by atoms with Crippen LogP contribution in [-0.2, 0) is 9.13 Å². The first-order valence-corrected chi connectivity index (χ1v) is 4.70. The van der Waals surface area contributed by atoms with Gasteiger partial charge in [-0.2, -0.15) is 4.89 Å². The molecular formula is H3O5P2+. The largest absolute Gasteiger partial charge is 0.619 e. The molecule has 7 heteroatoms. The molecule has 0 radical (unpaired) electrons. The number of rotatable bonds is 1. The van der Waals surface area contributed by atoms with Gasteiger partial charge in [0.25, 0.3) is 0 Å². The zero-order valence-corrected chi connectivity index (χ0v) is 4.84. The molecule has 3 N–H and O–H groups in total. The van der Waals surface area contributed by atoms with E-state index in [1.54, 1.807) is 0 Å². The molecule has 0 aromatic rings. The van der Waals surface area contributed by atoms with E-state index in [2.05, 4.69) is 0 Å². The summed E-state index contributed by atoms with van der Waals surface area (Å²) in [6.07, 6.45) is 0. The van der Waals surface area contributed by atoms with Crippen LogP contribution in [-0.4, -0.2) is 14.7 Å². The van der Waals surface area contributed by atoms with E-state index in [0.717, 1.165) is 0 Å². The summed E-state index contributed by atoms with van der Waals surface area (Å²) in [4.78, 5) is 23.0. The lowest BCUT2D eigenvalue weighted by molar-refractivity contribution is 0.382. The molecule has 0 aliphatic rings. The predicted molar refractivity (Wildman–Crippen MR) is 21.9 cm³/mol. The van der Waals surface area contributed by atoms with Crippen molar-refractivity contribution in [2.45, 2.75) is 0 Å². The predicted octanol–water partition coefficient (Wildman–Crippen LogP) is -0.186. The lowest BCUT2D eigenvalue weighted by Crippen LogP contribution is -1.64. The molecule has 0 rings (SSSR count). The van der Waals surface area contributed by atoms with Crippen LogP contribution in [0, 0.1) is 0 Å². The highest BCUT2D eigenvalue weighted by Crippen LogP contribution is 2.59. The van der Waals surface area contributed by atoms with E-state index in [1.807, 2.05) is 0 Å². The summed E-state index contributed by atoms with van der Waals surface area (Å²) in [6, 6.07) is 0. The van der Waals surface area contributed by atoms with Gasteiger partial charge in [0, 0.05) is 0 Å². The molecule has 0 heterocycles. The van der Waals surface area contributed by atoms with E-state index >= 15 is 0 Å². The van der Waals surface area contributed by atoms with Crippen molar-refractivity contribution in [3.8, 4) is 0 Å². The summed E-state index contributed by atoms with van der Waals surface area (Å²) >= 11 is 0. The Kier molecular flexibility index (Phi) is 2.05. The first-order chi connectivity index (χ1) is 2.94. The van der Waals surface area contributed by atoms with Crippen LogP contribution in [0.3, 0.4) is 0 Å². The Morgan fingerprint density at radius 1 is 1.43 bits per heavy atom. The van der Waals surface area contributed by atoms with Crippen molar-refractivity contribution in [3.05, 3.63) is 0 Å². The van der Waals surface area contributed by atoms with Gasteiger partial charge in [-0.3, -0.25) is 9.79 Å². The van der Waals surface area contributed by atoms with Gasteiger partial charge in [-0.1, -0.05) is 0 Å². The van der Waals surface area contributed by atoms with Crippen molar-refractivity contribution in [1.29, 1.82) is 0 Å². The molecule has 0 amide bonds. The van der Waals surface area contributed by atoms with Crippen LogP contribution in [0.25, 0.3) is 0 Å². The third kappa shape index (κ3) is 2.85. The lowest BCUT2D eigenvalue weighted by Gasteiger charge is -1.76. The van der Waals surface area contributed by atoms with Crippen LogP contribution in [0.2, 0.25) is 0 Å². The van der Waals surface area contributed by atoms with Crippen molar-refractivity contribution >= 4 is 15.0 Å². The Hall–Kier alpha value is 0.210. The summed E-state index contributed by atoms with van der Waals surface area (Å²) in [5, 5.41) is 0. The first kappa shape index (κ1) is 7.21. The normalized spacial score (nSPS) is 13.9. The topological polar surface area (TPSA) is 94.8 Å². The first-order valence-electron chi connectivity index (χ1n) is 1.17. The van der Waals surface area contributed by atoms with Crippen LogP contribution in [0.5, 0.6) is 0 Å². The van der Waals surface area contributed by atoms with E-state index < -0.39 is 15.0 Å². The van der Waals surface area contributed by atoms with Gasteiger partial charge in [-0.15, -0.1) is 0 Å². The summed E-state index contributed by atoms with van der Waals surface area (Å²) in [5.41, 5.74) is 0. The van der Waals surface area contributed by atoms with Crippen molar-refractivity contribution in [2.75, 3.05) is 0 Å². The third-order valence-corrected chi connectivity index (χ3v) is 2.01. The van der Waals surface area contributed by atoms with Gasteiger partial charge in [-0.25, -0.2) is 4.57 Å². The maximum Gasteiger partial charge on any atom is 0.619 e. The molecule has 7 heavy (non-hydrogen) atoms. The van der Waals surface area contributed by atoms with E-state index in [4.69, 9.17) is 14.7 Å². The second kappa shape index (κ2) is 1.99. The number of hydrogen-bond donors (Lipinski definition) is 3. The van der Waals surface area contributed by atoms with Gasteiger partial charge in [0.2, 0.25) is 0 Å². The van der Waals surface area contributed by atoms with Gasteiger partial charge >= 0.3 is 15.0 Å². The fraction of sp³-hybridized carbons (Fsp3) is 0. The Morgan fingerprint density at radius 3 is 1.57 bits per heavy atom. The standard InChI is InChI=1S/H2O5P2/c1-6(2)7(3,4)5/h(H2-,1,2,3,4,5)/p+1. The quantitative estimate of drug-likeness (QED) is 0.444.